The zero-order valence-electron chi connectivity index (χ0n) is 14.0. The number of nitrogens with two attached hydrogens (primary N) is 1. The van der Waals surface area contributed by atoms with Gasteiger partial charge in [0.2, 0.25) is 11.8 Å². The molecule has 8 heteroatoms. The Morgan fingerprint density at radius 2 is 2.12 bits per heavy atom. The van der Waals surface area contributed by atoms with Crippen molar-refractivity contribution in [1.29, 1.82) is 0 Å². The third kappa shape index (κ3) is 4.14. The van der Waals surface area contributed by atoms with Crippen LogP contribution in [0.3, 0.4) is 0 Å². The van der Waals surface area contributed by atoms with Gasteiger partial charge in [-0.15, -0.1) is 0 Å². The van der Waals surface area contributed by atoms with Crippen molar-refractivity contribution in [1.82, 2.24) is 15.0 Å². The highest BCUT2D eigenvalue weighted by molar-refractivity contribution is 5.78. The highest BCUT2D eigenvalue weighted by Crippen LogP contribution is 2.30. The number of amides is 2. The molecule has 3 rings (SSSR count). The monoisotopic (exact) mass is 344 g/mol. The Morgan fingerprint density at radius 3 is 2.76 bits per heavy atom. The van der Waals surface area contributed by atoms with E-state index in [9.17, 15) is 9.59 Å². The molecule has 2 aromatic rings. The standard InChI is InChI=1S/C17H20N4O4/c1-11-19-17(20-25-11)14-3-2-8-21(14)16(23)10-24-13-6-4-12(5-7-13)9-15(18)22/h4-7,14H,2-3,8-10H2,1H3,(H2,18,22). The number of primary amides is 1. The van der Waals surface area contributed by atoms with Crippen molar-refractivity contribution >= 4 is 11.8 Å². The summed E-state index contributed by atoms with van der Waals surface area (Å²) in [6.45, 7) is 2.31. The molecule has 1 aromatic carbocycles. The summed E-state index contributed by atoms with van der Waals surface area (Å²) in [4.78, 5) is 29.3. The number of benzene rings is 1. The number of carbonyl (C=O) groups excluding carboxylic acids is 2. The van der Waals surface area contributed by atoms with E-state index in [0.29, 0.717) is 24.0 Å². The molecule has 1 atom stereocenters. The van der Waals surface area contributed by atoms with Gasteiger partial charge in [0.05, 0.1) is 12.5 Å². The largest absolute Gasteiger partial charge is 0.484 e. The molecule has 0 spiro atoms. The van der Waals surface area contributed by atoms with E-state index in [1.165, 1.54) is 0 Å². The van der Waals surface area contributed by atoms with Gasteiger partial charge < -0.3 is 19.9 Å². The Balaban J connectivity index is 1.57. The normalized spacial score (nSPS) is 16.8. The van der Waals surface area contributed by atoms with Crippen LogP contribution in [0.15, 0.2) is 28.8 Å². The number of aromatic nitrogens is 2. The number of rotatable bonds is 6. The number of hydrogen-bond donors (Lipinski definition) is 1. The van der Waals surface area contributed by atoms with E-state index < -0.39 is 0 Å². The predicted molar refractivity (Wildman–Crippen MR) is 87.6 cm³/mol. The first-order valence-electron chi connectivity index (χ1n) is 8.12. The van der Waals surface area contributed by atoms with Gasteiger partial charge in [-0.2, -0.15) is 4.98 Å². The van der Waals surface area contributed by atoms with Crippen LogP contribution in [0.5, 0.6) is 5.75 Å². The van der Waals surface area contributed by atoms with Gasteiger partial charge in [0.1, 0.15) is 5.75 Å². The number of carbonyl (C=O) groups is 2. The minimum atomic E-state index is -0.388. The molecule has 1 saturated heterocycles. The minimum Gasteiger partial charge on any atom is -0.484 e. The van der Waals surface area contributed by atoms with Crippen molar-refractivity contribution in [3.63, 3.8) is 0 Å². The zero-order valence-corrected chi connectivity index (χ0v) is 14.0. The molecule has 2 amide bonds. The lowest BCUT2D eigenvalue weighted by Crippen LogP contribution is -2.34. The van der Waals surface area contributed by atoms with Gasteiger partial charge in [0.25, 0.3) is 5.91 Å². The fourth-order valence-electron chi connectivity index (χ4n) is 2.92. The number of hydrogen-bond acceptors (Lipinski definition) is 6. The van der Waals surface area contributed by atoms with Crippen molar-refractivity contribution in [2.45, 2.75) is 32.2 Å². The van der Waals surface area contributed by atoms with E-state index in [2.05, 4.69) is 10.1 Å². The molecule has 0 radical (unpaired) electrons. The summed E-state index contributed by atoms with van der Waals surface area (Å²) in [5.74, 6) is 1.08. The molecule has 1 fully saturated rings. The van der Waals surface area contributed by atoms with Gasteiger partial charge in [0.15, 0.2) is 12.4 Å². The van der Waals surface area contributed by atoms with Crippen LogP contribution in [0.1, 0.15) is 36.2 Å². The average molecular weight is 344 g/mol. The summed E-state index contributed by atoms with van der Waals surface area (Å²) in [6, 6.07) is 6.79. The number of aryl methyl sites for hydroxylation is 1. The second-order valence-electron chi connectivity index (χ2n) is 5.99. The summed E-state index contributed by atoms with van der Waals surface area (Å²) in [6.07, 6.45) is 1.89. The summed E-state index contributed by atoms with van der Waals surface area (Å²) in [5, 5.41) is 3.92. The molecule has 2 heterocycles. The first kappa shape index (κ1) is 16.9. The van der Waals surface area contributed by atoms with Crippen molar-refractivity contribution < 1.29 is 18.8 Å². The van der Waals surface area contributed by atoms with Crippen LogP contribution in [0.2, 0.25) is 0 Å². The lowest BCUT2D eigenvalue weighted by molar-refractivity contribution is -0.134. The van der Waals surface area contributed by atoms with Crippen molar-refractivity contribution in [3.05, 3.63) is 41.5 Å². The van der Waals surface area contributed by atoms with Gasteiger partial charge in [-0.25, -0.2) is 0 Å². The molecule has 8 nitrogen and oxygen atoms in total. The second-order valence-corrected chi connectivity index (χ2v) is 5.99. The maximum atomic E-state index is 12.5. The van der Waals surface area contributed by atoms with Crippen LogP contribution in [-0.2, 0) is 16.0 Å². The van der Waals surface area contributed by atoms with E-state index in [1.807, 2.05) is 0 Å². The van der Waals surface area contributed by atoms with Crippen LogP contribution < -0.4 is 10.5 Å². The van der Waals surface area contributed by atoms with Gasteiger partial charge in [-0.3, -0.25) is 9.59 Å². The number of likely N-dealkylation sites (tertiary alicyclic amines) is 1. The zero-order chi connectivity index (χ0) is 17.8. The van der Waals surface area contributed by atoms with Gasteiger partial charge in [-0.1, -0.05) is 17.3 Å². The van der Waals surface area contributed by atoms with E-state index in [0.717, 1.165) is 18.4 Å². The molecular formula is C17H20N4O4. The lowest BCUT2D eigenvalue weighted by Gasteiger charge is -2.22. The highest BCUT2D eigenvalue weighted by atomic mass is 16.5. The quantitative estimate of drug-likeness (QED) is 0.841. The van der Waals surface area contributed by atoms with Crippen LogP contribution in [0.4, 0.5) is 0 Å². The molecule has 0 aliphatic carbocycles. The molecule has 1 aliphatic heterocycles. The Labute approximate surface area is 144 Å². The SMILES string of the molecule is Cc1nc(C2CCCN2C(=O)COc2ccc(CC(N)=O)cc2)no1. The first-order valence-corrected chi connectivity index (χ1v) is 8.12. The topological polar surface area (TPSA) is 112 Å². The molecule has 132 valence electrons. The van der Waals surface area contributed by atoms with Crippen LogP contribution in [-0.4, -0.2) is 40.0 Å². The highest BCUT2D eigenvalue weighted by Gasteiger charge is 2.33. The number of ether oxygens (including phenoxy) is 1. The average Bonchev–Trinajstić information content (AvgIpc) is 3.22. The Bertz CT molecular complexity index is 756. The Kier molecular flexibility index (Phi) is 4.97. The second kappa shape index (κ2) is 7.33. The molecule has 1 aliphatic rings. The van der Waals surface area contributed by atoms with Crippen molar-refractivity contribution in [2.24, 2.45) is 5.73 Å². The molecule has 1 unspecified atom stereocenters. The molecular weight excluding hydrogens is 324 g/mol. The maximum Gasteiger partial charge on any atom is 0.261 e. The van der Waals surface area contributed by atoms with E-state index >= 15 is 0 Å². The third-order valence-corrected chi connectivity index (χ3v) is 4.08. The van der Waals surface area contributed by atoms with E-state index in [4.69, 9.17) is 15.0 Å². The fraction of sp³-hybridized carbons (Fsp3) is 0.412. The molecule has 25 heavy (non-hydrogen) atoms. The van der Waals surface area contributed by atoms with Gasteiger partial charge in [0, 0.05) is 13.5 Å². The molecule has 1 aromatic heterocycles. The fourth-order valence-corrected chi connectivity index (χ4v) is 2.92. The predicted octanol–water partition coefficient (Wildman–Crippen LogP) is 1.15. The summed E-state index contributed by atoms with van der Waals surface area (Å²) in [5.41, 5.74) is 5.96. The summed E-state index contributed by atoms with van der Waals surface area (Å²) >= 11 is 0. The number of nitrogens with zero attached hydrogens (tertiary/aromatic N) is 3. The smallest absolute Gasteiger partial charge is 0.261 e. The maximum absolute atomic E-state index is 12.5. The van der Waals surface area contributed by atoms with Crippen LogP contribution in [0, 0.1) is 6.92 Å². The van der Waals surface area contributed by atoms with E-state index in [1.54, 1.807) is 36.1 Å². The van der Waals surface area contributed by atoms with Crippen LogP contribution in [0.25, 0.3) is 0 Å². The van der Waals surface area contributed by atoms with Crippen molar-refractivity contribution in [3.8, 4) is 5.75 Å². The summed E-state index contributed by atoms with van der Waals surface area (Å²) in [7, 11) is 0. The molecule has 0 saturated carbocycles. The van der Waals surface area contributed by atoms with E-state index in [-0.39, 0.29) is 30.9 Å². The lowest BCUT2D eigenvalue weighted by atomic mass is 10.1. The minimum absolute atomic E-state index is 0.0670. The first-order chi connectivity index (χ1) is 12.0. The third-order valence-electron chi connectivity index (χ3n) is 4.08. The van der Waals surface area contributed by atoms with Gasteiger partial charge in [-0.05, 0) is 30.5 Å². The molecule has 0 bridgehead atoms. The molecule has 2 N–H and O–H groups in total. The van der Waals surface area contributed by atoms with Crippen molar-refractivity contribution in [2.75, 3.05) is 13.2 Å². The Hall–Kier alpha value is -2.90. The van der Waals surface area contributed by atoms with Gasteiger partial charge >= 0.3 is 0 Å². The Morgan fingerprint density at radius 1 is 1.36 bits per heavy atom. The van der Waals surface area contributed by atoms with Crippen LogP contribution >= 0.6 is 0 Å². The summed E-state index contributed by atoms with van der Waals surface area (Å²) < 4.78 is 10.6.